The second-order valence-electron chi connectivity index (χ2n) is 6.90. The second-order valence-corrected chi connectivity index (χ2v) is 9.58. The van der Waals surface area contributed by atoms with Crippen LogP contribution in [0, 0.1) is 10.1 Å². The Morgan fingerprint density at radius 3 is 2.46 bits per heavy atom. The van der Waals surface area contributed by atoms with Crippen molar-refractivity contribution >= 4 is 56.7 Å². The van der Waals surface area contributed by atoms with E-state index in [1.165, 1.54) is 61.9 Å². The standard InChI is InChI=1S/C22H18Cl2N4O6S/c1-34-21-10-7-15(11-20(21)28(30)31)13-25-26-22(29)14-27(16-8-9-18(23)19(24)12-16)35(32,33)17-5-3-2-4-6-17/h2-13H,14H2,1H3,(H,26,29)/b25-13-. The van der Waals surface area contributed by atoms with Crippen molar-refractivity contribution in [2.45, 2.75) is 4.90 Å². The molecule has 13 heteroatoms. The molecular formula is C22H18Cl2N4O6S. The second kappa shape index (κ2) is 11.2. The molecule has 0 aliphatic rings. The number of nitro benzene ring substituents is 1. The normalized spacial score (nSPS) is 11.3. The Kier molecular flexibility index (Phi) is 8.28. The number of methoxy groups -OCH3 is 1. The van der Waals surface area contributed by atoms with E-state index in [2.05, 4.69) is 10.5 Å². The van der Waals surface area contributed by atoms with E-state index >= 15 is 0 Å². The van der Waals surface area contributed by atoms with E-state index in [1.807, 2.05) is 0 Å². The van der Waals surface area contributed by atoms with E-state index < -0.39 is 27.4 Å². The highest BCUT2D eigenvalue weighted by Gasteiger charge is 2.27. The van der Waals surface area contributed by atoms with E-state index in [-0.39, 0.29) is 32.1 Å². The smallest absolute Gasteiger partial charge is 0.311 e. The highest BCUT2D eigenvalue weighted by molar-refractivity contribution is 7.92. The van der Waals surface area contributed by atoms with Crippen molar-refractivity contribution in [3.05, 3.63) is 92.5 Å². The number of halogens is 2. The first-order chi connectivity index (χ1) is 16.6. The summed E-state index contributed by atoms with van der Waals surface area (Å²) in [7, 11) is -2.84. The molecule has 0 atom stereocenters. The SMILES string of the molecule is COc1ccc(/C=N\NC(=O)CN(c2ccc(Cl)c(Cl)c2)S(=O)(=O)c2ccccc2)cc1[N+](=O)[O-]. The Bertz CT molecular complexity index is 1380. The lowest BCUT2D eigenvalue weighted by Crippen LogP contribution is -2.39. The van der Waals surface area contributed by atoms with E-state index in [4.69, 9.17) is 27.9 Å². The minimum atomic E-state index is -4.15. The van der Waals surface area contributed by atoms with Gasteiger partial charge in [-0.3, -0.25) is 19.2 Å². The van der Waals surface area contributed by atoms with E-state index in [0.717, 1.165) is 4.31 Å². The minimum Gasteiger partial charge on any atom is -0.490 e. The summed E-state index contributed by atoms with van der Waals surface area (Å²) in [6.07, 6.45) is 1.18. The predicted molar refractivity (Wildman–Crippen MR) is 133 cm³/mol. The third-order valence-electron chi connectivity index (χ3n) is 4.61. The van der Waals surface area contributed by atoms with Gasteiger partial charge in [-0.25, -0.2) is 13.8 Å². The number of amides is 1. The highest BCUT2D eigenvalue weighted by Crippen LogP contribution is 2.30. The van der Waals surface area contributed by atoms with Crippen LogP contribution in [0.3, 0.4) is 0 Å². The van der Waals surface area contributed by atoms with Gasteiger partial charge in [0.05, 0.1) is 38.9 Å². The average molecular weight is 537 g/mol. The van der Waals surface area contributed by atoms with Crippen LogP contribution >= 0.6 is 23.2 Å². The number of hydrogen-bond donors (Lipinski definition) is 1. The zero-order chi connectivity index (χ0) is 25.6. The maximum Gasteiger partial charge on any atom is 0.311 e. The lowest BCUT2D eigenvalue weighted by atomic mass is 10.2. The molecule has 0 heterocycles. The fraction of sp³-hybridized carbons (Fsp3) is 0.0909. The number of hydrazone groups is 1. The summed E-state index contributed by atoms with van der Waals surface area (Å²) in [6.45, 7) is -0.630. The van der Waals surface area contributed by atoms with Gasteiger partial charge in [0.25, 0.3) is 15.9 Å². The van der Waals surface area contributed by atoms with Crippen LogP contribution in [0.15, 0.2) is 76.7 Å². The summed E-state index contributed by atoms with van der Waals surface area (Å²) in [4.78, 5) is 23.1. The first-order valence-electron chi connectivity index (χ1n) is 9.80. The number of benzene rings is 3. The number of nitrogens with zero attached hydrogens (tertiary/aromatic N) is 3. The van der Waals surface area contributed by atoms with Crippen LogP contribution in [0.5, 0.6) is 5.75 Å². The van der Waals surface area contributed by atoms with Crippen LogP contribution < -0.4 is 14.5 Å². The Labute approximate surface area is 210 Å². The predicted octanol–water partition coefficient (Wildman–Crippen LogP) is 4.26. The Morgan fingerprint density at radius 1 is 1.11 bits per heavy atom. The molecule has 3 rings (SSSR count). The third-order valence-corrected chi connectivity index (χ3v) is 7.14. The van der Waals surface area contributed by atoms with Gasteiger partial charge in [0.15, 0.2) is 5.75 Å². The minimum absolute atomic E-state index is 0.0343. The van der Waals surface area contributed by atoms with Gasteiger partial charge in [-0.1, -0.05) is 41.4 Å². The number of carbonyl (C=O) groups is 1. The van der Waals surface area contributed by atoms with Gasteiger partial charge in [-0.2, -0.15) is 5.10 Å². The molecule has 1 amide bonds. The molecule has 0 aliphatic carbocycles. The van der Waals surface area contributed by atoms with E-state index in [0.29, 0.717) is 5.56 Å². The van der Waals surface area contributed by atoms with Crippen LogP contribution in [0.2, 0.25) is 10.0 Å². The number of carbonyl (C=O) groups excluding carboxylic acids is 1. The zero-order valence-corrected chi connectivity index (χ0v) is 20.4. The fourth-order valence-electron chi connectivity index (χ4n) is 2.95. The van der Waals surface area contributed by atoms with Gasteiger partial charge >= 0.3 is 5.69 Å². The van der Waals surface area contributed by atoms with E-state index in [1.54, 1.807) is 18.2 Å². The van der Waals surface area contributed by atoms with Crippen LogP contribution in [0.4, 0.5) is 11.4 Å². The molecule has 0 aromatic heterocycles. The average Bonchev–Trinajstić information content (AvgIpc) is 2.84. The lowest BCUT2D eigenvalue weighted by molar-refractivity contribution is -0.385. The first kappa shape index (κ1) is 25.9. The monoisotopic (exact) mass is 536 g/mol. The van der Waals surface area contributed by atoms with Gasteiger partial charge in [0.2, 0.25) is 0 Å². The molecule has 0 unspecified atom stereocenters. The van der Waals surface area contributed by atoms with Gasteiger partial charge in [-0.15, -0.1) is 0 Å². The zero-order valence-electron chi connectivity index (χ0n) is 18.1. The molecular weight excluding hydrogens is 519 g/mol. The topological polar surface area (TPSA) is 131 Å². The summed E-state index contributed by atoms with van der Waals surface area (Å²) < 4.78 is 32.4. The molecule has 0 aliphatic heterocycles. The van der Waals surface area contributed by atoms with Crippen molar-refractivity contribution in [1.29, 1.82) is 0 Å². The Balaban J connectivity index is 1.84. The molecule has 3 aromatic carbocycles. The van der Waals surface area contributed by atoms with Gasteiger partial charge < -0.3 is 4.74 Å². The maximum atomic E-state index is 13.3. The summed E-state index contributed by atoms with van der Waals surface area (Å²) in [5, 5.41) is 15.3. The molecule has 1 N–H and O–H groups in total. The quantitative estimate of drug-likeness (QED) is 0.247. The summed E-state index contributed by atoms with van der Waals surface area (Å²) in [5.41, 5.74) is 2.38. The molecule has 0 saturated heterocycles. The maximum absolute atomic E-state index is 13.3. The molecule has 0 spiro atoms. The number of rotatable bonds is 9. The van der Waals surface area contributed by atoms with Gasteiger partial charge in [0.1, 0.15) is 6.54 Å². The van der Waals surface area contributed by atoms with Crippen molar-refractivity contribution < 1.29 is 22.9 Å². The van der Waals surface area contributed by atoms with Crippen LogP contribution in [0.25, 0.3) is 0 Å². The number of hydrogen-bond acceptors (Lipinski definition) is 7. The molecule has 0 saturated carbocycles. The van der Waals surface area contributed by atoms with Crippen molar-refractivity contribution in [2.75, 3.05) is 18.0 Å². The number of ether oxygens (including phenoxy) is 1. The van der Waals surface area contributed by atoms with Crippen molar-refractivity contribution in [2.24, 2.45) is 5.10 Å². The fourth-order valence-corrected chi connectivity index (χ4v) is 4.68. The van der Waals surface area contributed by atoms with Crippen molar-refractivity contribution in [3.63, 3.8) is 0 Å². The van der Waals surface area contributed by atoms with Crippen LogP contribution in [-0.2, 0) is 14.8 Å². The first-order valence-corrected chi connectivity index (χ1v) is 12.0. The Morgan fingerprint density at radius 2 is 1.83 bits per heavy atom. The van der Waals surface area contributed by atoms with Crippen molar-refractivity contribution in [3.8, 4) is 5.75 Å². The number of nitrogens with one attached hydrogen (secondary N) is 1. The van der Waals surface area contributed by atoms with Gasteiger partial charge in [0, 0.05) is 11.6 Å². The van der Waals surface area contributed by atoms with Gasteiger partial charge in [-0.05, 0) is 42.5 Å². The van der Waals surface area contributed by atoms with E-state index in [9.17, 15) is 23.3 Å². The Hall–Kier alpha value is -3.67. The molecule has 10 nitrogen and oxygen atoms in total. The third kappa shape index (κ3) is 6.27. The largest absolute Gasteiger partial charge is 0.490 e. The van der Waals surface area contributed by atoms with Crippen LogP contribution in [0.1, 0.15) is 5.56 Å². The molecule has 3 aromatic rings. The summed E-state index contributed by atoms with van der Waals surface area (Å²) >= 11 is 12.0. The number of anilines is 1. The molecule has 0 fully saturated rings. The summed E-state index contributed by atoms with van der Waals surface area (Å²) in [6, 6.07) is 15.8. The molecule has 182 valence electrons. The van der Waals surface area contributed by atoms with Crippen molar-refractivity contribution in [1.82, 2.24) is 5.43 Å². The molecule has 0 bridgehead atoms. The number of nitro groups is 1. The van der Waals surface area contributed by atoms with Crippen LogP contribution in [-0.4, -0.2) is 39.1 Å². The summed E-state index contributed by atoms with van der Waals surface area (Å²) in [5.74, 6) is -0.700. The molecule has 35 heavy (non-hydrogen) atoms. The highest BCUT2D eigenvalue weighted by atomic mass is 35.5. The lowest BCUT2D eigenvalue weighted by Gasteiger charge is -2.24. The number of sulfonamides is 1. The molecule has 0 radical (unpaired) electrons.